The summed E-state index contributed by atoms with van der Waals surface area (Å²) in [5.74, 6) is -0.695. The molecular formula is C30H33FN6O3. The molecule has 40 heavy (non-hydrogen) atoms. The lowest BCUT2D eigenvalue weighted by Crippen LogP contribution is -2.53. The first-order chi connectivity index (χ1) is 19.1. The number of anilines is 1. The second-order valence-corrected chi connectivity index (χ2v) is 11.1. The highest BCUT2D eigenvalue weighted by molar-refractivity contribution is 6.11. The van der Waals surface area contributed by atoms with E-state index in [-0.39, 0.29) is 18.7 Å². The molecule has 0 aliphatic carbocycles. The van der Waals surface area contributed by atoms with Crippen LogP contribution in [0.1, 0.15) is 55.1 Å². The lowest BCUT2D eigenvalue weighted by Gasteiger charge is -2.39. The number of hydrogen-bond donors (Lipinski definition) is 0. The van der Waals surface area contributed by atoms with Crippen molar-refractivity contribution >= 4 is 28.6 Å². The molecule has 0 radical (unpaired) electrons. The average Bonchev–Trinajstić information content (AvgIpc) is 3.43. The van der Waals surface area contributed by atoms with Crippen molar-refractivity contribution in [2.45, 2.75) is 58.7 Å². The van der Waals surface area contributed by atoms with Gasteiger partial charge in [-0.1, -0.05) is 35.5 Å². The molecule has 1 saturated heterocycles. The van der Waals surface area contributed by atoms with Gasteiger partial charge in [0, 0.05) is 36.4 Å². The van der Waals surface area contributed by atoms with E-state index in [9.17, 15) is 9.59 Å². The summed E-state index contributed by atoms with van der Waals surface area (Å²) in [6.45, 7) is 8.31. The summed E-state index contributed by atoms with van der Waals surface area (Å²) in [5.41, 5.74) is 0.539. The smallest absolute Gasteiger partial charge is 0.410 e. The Morgan fingerprint density at radius 1 is 1.12 bits per heavy atom. The van der Waals surface area contributed by atoms with Gasteiger partial charge >= 0.3 is 6.09 Å². The predicted octanol–water partition coefficient (Wildman–Crippen LogP) is 5.37. The minimum atomic E-state index is -0.651. The number of rotatable bonds is 5. The molecule has 3 heterocycles. The van der Waals surface area contributed by atoms with Crippen LogP contribution in [0.25, 0.3) is 10.8 Å². The molecule has 0 N–H and O–H groups in total. The lowest BCUT2D eigenvalue weighted by atomic mass is 9.99. The lowest BCUT2D eigenvalue weighted by molar-refractivity contribution is 0.0196. The summed E-state index contributed by atoms with van der Waals surface area (Å²) >= 11 is 0. The third-order valence-corrected chi connectivity index (χ3v) is 6.95. The maximum atomic E-state index is 15.9. The number of nitrogens with zero attached hydrogens (tertiary/aromatic N) is 6. The molecule has 10 heteroatoms. The topological polar surface area (TPSA) is 93.5 Å². The summed E-state index contributed by atoms with van der Waals surface area (Å²) in [6.07, 6.45) is 5.65. The number of carbonyl (C=O) groups is 2. The van der Waals surface area contributed by atoms with Crippen LogP contribution in [0.2, 0.25) is 0 Å². The first kappa shape index (κ1) is 27.2. The molecule has 0 spiro atoms. The van der Waals surface area contributed by atoms with Gasteiger partial charge in [-0.15, -0.1) is 5.10 Å². The van der Waals surface area contributed by atoms with E-state index in [1.165, 1.54) is 16.9 Å². The Bertz CT molecular complexity index is 1530. The molecule has 0 unspecified atom stereocenters. The first-order valence-electron chi connectivity index (χ1n) is 13.4. The molecule has 1 atom stereocenters. The standard InChI is InChI=1S/C30H33FN6O3/c1-20-8-5-9-21-13-14-32-27(25(20)21)37(23-11-7-16-35(19-23)29(39)40-30(2,3)4)28(38)24-12-6-10-22(26(24)31)18-36-17-15-33-34-36/h5-6,8-10,12-15,17,23H,7,11,16,18-19H2,1-4H3/t23-/m1/s1. The summed E-state index contributed by atoms with van der Waals surface area (Å²) < 4.78 is 23.1. The van der Waals surface area contributed by atoms with E-state index in [4.69, 9.17) is 4.74 Å². The van der Waals surface area contributed by atoms with E-state index < -0.39 is 29.5 Å². The van der Waals surface area contributed by atoms with Crippen LogP contribution in [0.5, 0.6) is 0 Å². The van der Waals surface area contributed by atoms with Crippen LogP contribution in [-0.4, -0.2) is 61.6 Å². The van der Waals surface area contributed by atoms with Crippen molar-refractivity contribution in [3.05, 3.63) is 83.6 Å². The van der Waals surface area contributed by atoms with Crippen LogP contribution in [0.3, 0.4) is 0 Å². The van der Waals surface area contributed by atoms with Crippen LogP contribution in [0.15, 0.2) is 61.1 Å². The summed E-state index contributed by atoms with van der Waals surface area (Å²) in [5, 5.41) is 9.43. The molecule has 5 rings (SSSR count). The molecule has 1 aliphatic heterocycles. The number of amides is 2. The predicted molar refractivity (Wildman–Crippen MR) is 150 cm³/mol. The summed E-state index contributed by atoms with van der Waals surface area (Å²) in [4.78, 5) is 35.2. The maximum Gasteiger partial charge on any atom is 0.410 e. The number of halogens is 1. The van der Waals surface area contributed by atoms with E-state index in [2.05, 4.69) is 15.3 Å². The number of ether oxygens (including phenoxy) is 1. The highest BCUT2D eigenvalue weighted by Gasteiger charge is 2.36. The van der Waals surface area contributed by atoms with Crippen LogP contribution in [-0.2, 0) is 11.3 Å². The van der Waals surface area contributed by atoms with Gasteiger partial charge in [0.1, 0.15) is 17.2 Å². The maximum absolute atomic E-state index is 15.9. The van der Waals surface area contributed by atoms with E-state index in [1.807, 2.05) is 52.0 Å². The Balaban J connectivity index is 1.58. The second kappa shape index (κ2) is 11.0. The number of carbonyl (C=O) groups excluding carboxylic acids is 2. The van der Waals surface area contributed by atoms with Crippen LogP contribution >= 0.6 is 0 Å². The molecule has 2 aromatic heterocycles. The summed E-state index contributed by atoms with van der Waals surface area (Å²) in [7, 11) is 0. The van der Waals surface area contributed by atoms with E-state index >= 15 is 4.39 Å². The van der Waals surface area contributed by atoms with Gasteiger partial charge in [-0.05, 0) is 63.6 Å². The van der Waals surface area contributed by atoms with Crippen LogP contribution in [0.4, 0.5) is 15.0 Å². The van der Waals surface area contributed by atoms with Crippen molar-refractivity contribution < 1.29 is 18.7 Å². The SMILES string of the molecule is Cc1cccc2ccnc(N(C(=O)c3cccc(Cn4ccnn4)c3F)[C@@H]3CCCN(C(=O)OC(C)(C)C)C3)c12. The third kappa shape index (κ3) is 5.66. The third-order valence-electron chi connectivity index (χ3n) is 6.95. The van der Waals surface area contributed by atoms with Gasteiger partial charge in [-0.3, -0.25) is 9.69 Å². The fourth-order valence-corrected chi connectivity index (χ4v) is 5.15. The Kier molecular flexibility index (Phi) is 7.51. The molecule has 208 valence electrons. The first-order valence-corrected chi connectivity index (χ1v) is 13.4. The fraction of sp³-hybridized carbons (Fsp3) is 0.367. The van der Waals surface area contributed by atoms with Crippen molar-refractivity contribution in [1.82, 2.24) is 24.9 Å². The number of pyridine rings is 1. The van der Waals surface area contributed by atoms with Crippen molar-refractivity contribution in [2.24, 2.45) is 0 Å². The van der Waals surface area contributed by atoms with Crippen molar-refractivity contribution in [3.63, 3.8) is 0 Å². The van der Waals surface area contributed by atoms with Gasteiger partial charge in [0.05, 0.1) is 24.3 Å². The number of fused-ring (bicyclic) bond motifs is 1. The number of likely N-dealkylation sites (tertiary alicyclic amines) is 1. The normalized spacial score (nSPS) is 15.7. The average molecular weight is 545 g/mol. The van der Waals surface area contributed by atoms with E-state index in [0.717, 1.165) is 16.3 Å². The number of benzene rings is 2. The molecule has 0 saturated carbocycles. The molecule has 4 aromatic rings. The Morgan fingerprint density at radius 2 is 1.93 bits per heavy atom. The molecule has 1 aliphatic rings. The van der Waals surface area contributed by atoms with Crippen LogP contribution < -0.4 is 4.90 Å². The minimum Gasteiger partial charge on any atom is -0.444 e. The van der Waals surface area contributed by atoms with Gasteiger partial charge in [-0.2, -0.15) is 0 Å². The molecule has 1 fully saturated rings. The minimum absolute atomic E-state index is 0.0700. The molecular weight excluding hydrogens is 511 g/mol. The molecule has 9 nitrogen and oxygen atoms in total. The highest BCUT2D eigenvalue weighted by Crippen LogP contribution is 2.33. The monoisotopic (exact) mass is 544 g/mol. The zero-order chi connectivity index (χ0) is 28.4. The highest BCUT2D eigenvalue weighted by atomic mass is 19.1. The van der Waals surface area contributed by atoms with Crippen molar-refractivity contribution in [1.29, 1.82) is 0 Å². The zero-order valence-corrected chi connectivity index (χ0v) is 23.2. The Morgan fingerprint density at radius 3 is 2.67 bits per heavy atom. The van der Waals surface area contributed by atoms with E-state index in [0.29, 0.717) is 30.8 Å². The largest absolute Gasteiger partial charge is 0.444 e. The van der Waals surface area contributed by atoms with Crippen molar-refractivity contribution in [2.75, 3.05) is 18.0 Å². The number of aryl methyl sites for hydroxylation is 1. The molecule has 2 amide bonds. The van der Waals surface area contributed by atoms with Gasteiger partial charge in [0.25, 0.3) is 5.91 Å². The van der Waals surface area contributed by atoms with Crippen molar-refractivity contribution in [3.8, 4) is 0 Å². The van der Waals surface area contributed by atoms with Gasteiger partial charge < -0.3 is 9.64 Å². The quantitative estimate of drug-likeness (QED) is 0.335. The fourth-order valence-electron chi connectivity index (χ4n) is 5.15. The Hall–Kier alpha value is -4.34. The van der Waals surface area contributed by atoms with Crippen LogP contribution in [0, 0.1) is 12.7 Å². The van der Waals surface area contributed by atoms with Gasteiger partial charge in [0.15, 0.2) is 0 Å². The molecule has 0 bridgehead atoms. The second-order valence-electron chi connectivity index (χ2n) is 11.1. The summed E-state index contributed by atoms with van der Waals surface area (Å²) in [6, 6.07) is 12.1. The Labute approximate surface area is 232 Å². The number of piperidine rings is 1. The molecule has 2 aromatic carbocycles. The van der Waals surface area contributed by atoms with Gasteiger partial charge in [0.2, 0.25) is 0 Å². The number of hydrogen-bond acceptors (Lipinski definition) is 6. The van der Waals surface area contributed by atoms with E-state index in [1.54, 1.807) is 34.3 Å². The number of aromatic nitrogens is 4. The zero-order valence-electron chi connectivity index (χ0n) is 23.2. The van der Waals surface area contributed by atoms with Gasteiger partial charge in [-0.25, -0.2) is 18.9 Å².